The van der Waals surface area contributed by atoms with Gasteiger partial charge in [0, 0.05) is 29.8 Å². The van der Waals surface area contributed by atoms with Gasteiger partial charge in [0.15, 0.2) is 0 Å². The average Bonchev–Trinajstić information content (AvgIpc) is 3.81. The van der Waals surface area contributed by atoms with Crippen LogP contribution in [0.2, 0.25) is 5.02 Å². The molecule has 1 aliphatic carbocycles. The van der Waals surface area contributed by atoms with E-state index in [1.165, 1.54) is 43.6 Å². The fourth-order valence-corrected chi connectivity index (χ4v) is 5.59. The van der Waals surface area contributed by atoms with Gasteiger partial charge in [-0.25, -0.2) is 14.4 Å². The molecule has 0 spiro atoms. The van der Waals surface area contributed by atoms with Crippen molar-refractivity contribution in [1.82, 2.24) is 20.5 Å². The van der Waals surface area contributed by atoms with Gasteiger partial charge in [0.25, 0.3) is 5.91 Å². The number of halogens is 1. The summed E-state index contributed by atoms with van der Waals surface area (Å²) in [6.45, 7) is -0.747. The van der Waals surface area contributed by atoms with Gasteiger partial charge in [-0.3, -0.25) is 19.7 Å². The molecule has 0 radical (unpaired) electrons. The highest BCUT2D eigenvalue weighted by atomic mass is 35.5. The van der Waals surface area contributed by atoms with Gasteiger partial charge in [-0.1, -0.05) is 29.8 Å². The third-order valence-electron chi connectivity index (χ3n) is 6.26. The maximum absolute atomic E-state index is 13.6. The average molecular weight is 640 g/mol. The molecule has 3 aromatic carbocycles. The fraction of sp³-hybridized carbons (Fsp3) is 0.172. The second-order valence-corrected chi connectivity index (χ2v) is 11.9. The number of pyridine rings is 1. The van der Waals surface area contributed by atoms with Gasteiger partial charge in [0.2, 0.25) is 0 Å². The zero-order chi connectivity index (χ0) is 31.3. The number of urea groups is 1. The number of anilines is 1. The van der Waals surface area contributed by atoms with E-state index >= 15 is 0 Å². The molecule has 1 saturated carbocycles. The number of ether oxygens (including phenoxy) is 2. The van der Waals surface area contributed by atoms with Crippen molar-refractivity contribution >= 4 is 53.8 Å². The van der Waals surface area contributed by atoms with Crippen LogP contribution in [0.25, 0.3) is 10.9 Å². The third kappa shape index (κ3) is 7.75. The monoisotopic (exact) mass is 639 g/mol. The first-order valence-electron chi connectivity index (χ1n) is 13.3. The summed E-state index contributed by atoms with van der Waals surface area (Å²) in [4.78, 5) is 41.1. The molecule has 1 fully saturated rings. The Morgan fingerprint density at radius 3 is 2.48 bits per heavy atom. The lowest BCUT2D eigenvalue weighted by atomic mass is 10.1. The summed E-state index contributed by atoms with van der Waals surface area (Å²) in [6, 6.07) is 17.1. The third-order valence-corrected chi connectivity index (χ3v) is 8.11. The molecule has 1 aromatic heterocycles. The lowest BCUT2D eigenvalue weighted by Crippen LogP contribution is -2.33. The summed E-state index contributed by atoms with van der Waals surface area (Å²) in [7, 11) is -2.93. The van der Waals surface area contributed by atoms with Crippen LogP contribution in [0.5, 0.6) is 23.0 Å². The number of hydrogen-bond donors (Lipinski definition) is 5. The normalized spacial score (nSPS) is 13.8. The molecule has 0 saturated heterocycles. The van der Waals surface area contributed by atoms with Crippen LogP contribution in [0.3, 0.4) is 0 Å². The number of rotatable bonds is 12. The number of amides is 3. The summed E-state index contributed by atoms with van der Waals surface area (Å²) >= 11 is 6.40. The number of nitrogens with one attached hydrogen (secondary N) is 4. The summed E-state index contributed by atoms with van der Waals surface area (Å²) in [6.07, 6.45) is 3.41. The van der Waals surface area contributed by atoms with Gasteiger partial charge < -0.3 is 29.7 Å². The molecule has 44 heavy (non-hydrogen) atoms. The zero-order valence-corrected chi connectivity index (χ0v) is 24.9. The van der Waals surface area contributed by atoms with E-state index in [9.17, 15) is 18.9 Å². The lowest BCUT2D eigenvalue weighted by molar-refractivity contribution is -0.135. The molecule has 1 aliphatic rings. The zero-order valence-electron chi connectivity index (χ0n) is 23.2. The molecule has 13 nitrogen and oxygen atoms in total. The Balaban J connectivity index is 1.41. The smallest absolute Gasteiger partial charge is 0.420 e. The standard InChI is InChI=1S/C29H27ClN5O8P/c1-41-26-15-24-20(14-21(26)28(38)35-44(40,32-16-27(36)37)43-18-5-3-2-4-6-18)25(11-12-31-24)42-19-9-10-23(22(30)13-19)34-29(39)33-17-7-8-17/h2-6,9-15,17H,7-8,16H2,1H3,(H,36,37)(H2,33,34,39)(H2,32,35,38,40). The minimum Gasteiger partial charge on any atom is -0.496 e. The van der Waals surface area contributed by atoms with E-state index in [-0.39, 0.29) is 34.2 Å². The molecular weight excluding hydrogens is 613 g/mol. The molecule has 0 aliphatic heterocycles. The van der Waals surface area contributed by atoms with E-state index in [4.69, 9.17) is 30.7 Å². The number of hydrogen-bond acceptors (Lipinski definition) is 8. The predicted molar refractivity (Wildman–Crippen MR) is 163 cm³/mol. The molecule has 3 amide bonds. The Morgan fingerprint density at radius 2 is 1.80 bits per heavy atom. The summed E-state index contributed by atoms with van der Waals surface area (Å²) in [5.74, 6) is -1.29. The molecule has 1 heterocycles. The van der Waals surface area contributed by atoms with Gasteiger partial charge in [0.1, 0.15) is 29.5 Å². The Labute approximate surface area is 256 Å². The predicted octanol–water partition coefficient (Wildman–Crippen LogP) is 5.56. The van der Waals surface area contributed by atoms with Crippen LogP contribution in [0, 0.1) is 0 Å². The number of fused-ring (bicyclic) bond motifs is 1. The number of para-hydroxylation sites is 1. The number of nitrogens with zero attached hydrogens (tertiary/aromatic N) is 1. The first-order chi connectivity index (χ1) is 21.1. The van der Waals surface area contributed by atoms with E-state index in [0.717, 1.165) is 12.8 Å². The number of carbonyl (C=O) groups excluding carboxylic acids is 2. The number of methoxy groups -OCH3 is 1. The Kier molecular flexibility index (Phi) is 9.19. The molecule has 1 unspecified atom stereocenters. The molecule has 15 heteroatoms. The van der Waals surface area contributed by atoms with Gasteiger partial charge in [-0.15, -0.1) is 0 Å². The van der Waals surface area contributed by atoms with Crippen molar-refractivity contribution in [2.24, 2.45) is 0 Å². The van der Waals surface area contributed by atoms with E-state index in [1.807, 2.05) is 0 Å². The second-order valence-electron chi connectivity index (χ2n) is 9.62. The van der Waals surface area contributed by atoms with Crippen molar-refractivity contribution in [2.75, 3.05) is 19.0 Å². The fourth-order valence-electron chi connectivity index (χ4n) is 4.03. The first kappa shape index (κ1) is 30.6. The maximum atomic E-state index is 13.6. The quantitative estimate of drug-likeness (QED) is 0.123. The minimum absolute atomic E-state index is 0.0499. The van der Waals surface area contributed by atoms with E-state index in [0.29, 0.717) is 28.1 Å². The lowest BCUT2D eigenvalue weighted by Gasteiger charge is -2.21. The van der Waals surface area contributed by atoms with Gasteiger partial charge >= 0.3 is 19.7 Å². The van der Waals surface area contributed by atoms with Crippen molar-refractivity contribution in [2.45, 2.75) is 18.9 Å². The van der Waals surface area contributed by atoms with Gasteiger partial charge in [-0.05, 0) is 49.2 Å². The molecule has 0 bridgehead atoms. The second kappa shape index (κ2) is 13.2. The summed E-state index contributed by atoms with van der Waals surface area (Å²) in [5, 5.41) is 19.9. The highest BCUT2D eigenvalue weighted by Crippen LogP contribution is 2.40. The van der Waals surface area contributed by atoms with Crippen LogP contribution in [0.4, 0.5) is 10.5 Å². The molecule has 228 valence electrons. The van der Waals surface area contributed by atoms with Crippen molar-refractivity contribution < 1.29 is 38.1 Å². The van der Waals surface area contributed by atoms with E-state index in [2.05, 4.69) is 25.8 Å². The highest BCUT2D eigenvalue weighted by molar-refractivity contribution is 7.56. The van der Waals surface area contributed by atoms with Gasteiger partial charge in [0.05, 0.1) is 28.9 Å². The van der Waals surface area contributed by atoms with Crippen molar-refractivity contribution in [1.29, 1.82) is 0 Å². The van der Waals surface area contributed by atoms with Gasteiger partial charge in [-0.2, -0.15) is 0 Å². The van der Waals surface area contributed by atoms with Crippen molar-refractivity contribution in [3.63, 3.8) is 0 Å². The summed E-state index contributed by atoms with van der Waals surface area (Å²) < 4.78 is 30.6. The molecule has 5 N–H and O–H groups in total. The Hall–Kier alpha value is -4.84. The highest BCUT2D eigenvalue weighted by Gasteiger charge is 2.30. The van der Waals surface area contributed by atoms with Crippen LogP contribution in [-0.4, -0.2) is 47.7 Å². The Morgan fingerprint density at radius 1 is 1.02 bits per heavy atom. The number of carboxylic acid groups (broad SMARTS) is 1. The molecule has 4 aromatic rings. The van der Waals surface area contributed by atoms with Crippen molar-refractivity contribution in [3.8, 4) is 23.0 Å². The van der Waals surface area contributed by atoms with Crippen LogP contribution >= 0.6 is 19.3 Å². The number of carboxylic acids is 1. The number of carbonyl (C=O) groups is 3. The van der Waals surface area contributed by atoms with Crippen LogP contribution in [0.15, 0.2) is 72.9 Å². The largest absolute Gasteiger partial charge is 0.496 e. The SMILES string of the molecule is COc1cc2nccc(Oc3ccc(NC(=O)NC4CC4)c(Cl)c3)c2cc1C(=O)NP(=O)(NCC(=O)O)Oc1ccccc1. The summed E-state index contributed by atoms with van der Waals surface area (Å²) in [5.41, 5.74) is 0.773. The van der Waals surface area contributed by atoms with E-state index in [1.54, 1.807) is 36.4 Å². The molecule has 1 atom stereocenters. The van der Waals surface area contributed by atoms with Crippen LogP contribution < -0.4 is 34.8 Å². The Bertz CT molecular complexity index is 1770. The topological polar surface area (TPSA) is 177 Å². The number of benzene rings is 3. The molecule has 5 rings (SSSR count). The van der Waals surface area contributed by atoms with Crippen molar-refractivity contribution in [3.05, 3.63) is 83.5 Å². The minimum atomic E-state index is -4.28. The first-order valence-corrected chi connectivity index (χ1v) is 15.3. The van der Waals surface area contributed by atoms with Crippen LogP contribution in [-0.2, 0) is 9.36 Å². The number of aliphatic carboxylic acids is 1. The molecular formula is C29H27ClN5O8P. The number of aromatic nitrogens is 1. The van der Waals surface area contributed by atoms with E-state index < -0.39 is 26.1 Å². The van der Waals surface area contributed by atoms with Crippen LogP contribution in [0.1, 0.15) is 23.2 Å². The maximum Gasteiger partial charge on any atom is 0.420 e.